The average Bonchev–Trinajstić information content (AvgIpc) is 2.86. The van der Waals surface area contributed by atoms with Crippen LogP contribution >= 0.6 is 0 Å². The molecule has 1 amide bonds. The number of primary amides is 1. The van der Waals surface area contributed by atoms with Crippen LogP contribution in [-0.4, -0.2) is 82.6 Å². The number of fused-ring (bicyclic) bond motifs is 3. The number of anilines is 1. The van der Waals surface area contributed by atoms with Crippen molar-refractivity contribution in [2.24, 2.45) is 17.6 Å². The van der Waals surface area contributed by atoms with E-state index in [1.807, 2.05) is 43.3 Å². The Labute approximate surface area is 225 Å². The molecule has 10 heteroatoms. The van der Waals surface area contributed by atoms with Crippen molar-refractivity contribution in [1.82, 2.24) is 4.90 Å². The molecule has 0 radical (unpaired) electrons. The number of hydrogen-bond acceptors (Lipinski definition) is 9. The van der Waals surface area contributed by atoms with Gasteiger partial charge in [0.15, 0.2) is 11.4 Å². The van der Waals surface area contributed by atoms with E-state index in [0.29, 0.717) is 5.56 Å². The molecule has 1 fully saturated rings. The highest BCUT2D eigenvalue weighted by atomic mass is 16.3. The second kappa shape index (κ2) is 8.96. The highest BCUT2D eigenvalue weighted by molar-refractivity contribution is 6.24. The highest BCUT2D eigenvalue weighted by Gasteiger charge is 2.64. The Morgan fingerprint density at radius 3 is 2.21 bits per heavy atom. The number of Topliss-reactive ketones (excluding diaryl/α,β-unsaturated/α-hetero) is 2. The van der Waals surface area contributed by atoms with Crippen LogP contribution in [0, 0.1) is 11.8 Å². The van der Waals surface area contributed by atoms with Crippen LogP contribution in [0.2, 0.25) is 0 Å². The number of aromatic hydroxyl groups is 1. The summed E-state index contributed by atoms with van der Waals surface area (Å²) in [5, 5.41) is 44.8. The third-order valence-electron chi connectivity index (χ3n) is 8.30. The quantitative estimate of drug-likeness (QED) is 0.368. The van der Waals surface area contributed by atoms with E-state index in [1.165, 1.54) is 11.0 Å². The van der Waals surface area contributed by atoms with Gasteiger partial charge in [0.2, 0.25) is 5.78 Å². The molecule has 1 saturated carbocycles. The van der Waals surface area contributed by atoms with Crippen molar-refractivity contribution < 1.29 is 34.8 Å². The number of benzene rings is 2. The van der Waals surface area contributed by atoms with Crippen molar-refractivity contribution in [1.29, 1.82) is 0 Å². The summed E-state index contributed by atoms with van der Waals surface area (Å²) in [6.45, 7) is 0. The first kappa shape index (κ1) is 26.5. The van der Waals surface area contributed by atoms with Crippen LogP contribution in [0.25, 0.3) is 16.9 Å². The van der Waals surface area contributed by atoms with E-state index in [4.69, 9.17) is 5.73 Å². The molecule has 2 aromatic carbocycles. The number of amides is 1. The Hall–Kier alpha value is -4.15. The predicted molar refractivity (Wildman–Crippen MR) is 144 cm³/mol. The fraction of sp³-hybridized carbons (Fsp3) is 0.345. The number of likely N-dealkylation sites (N-methyl/N-ethyl adjacent to an activating group) is 1. The largest absolute Gasteiger partial charge is 0.508 e. The van der Waals surface area contributed by atoms with E-state index in [-0.39, 0.29) is 29.7 Å². The van der Waals surface area contributed by atoms with Crippen molar-refractivity contribution in [3.8, 4) is 16.9 Å². The van der Waals surface area contributed by atoms with Crippen molar-refractivity contribution in [2.45, 2.75) is 24.5 Å². The van der Waals surface area contributed by atoms with Crippen LogP contribution in [0.5, 0.6) is 5.75 Å². The maximum atomic E-state index is 13.9. The van der Waals surface area contributed by atoms with Gasteiger partial charge in [0.25, 0.3) is 5.91 Å². The lowest BCUT2D eigenvalue weighted by Crippen LogP contribution is -2.65. The zero-order valence-electron chi connectivity index (χ0n) is 22.1. The second-order valence-corrected chi connectivity index (χ2v) is 10.9. The zero-order valence-corrected chi connectivity index (χ0v) is 22.1. The molecule has 0 aliphatic heterocycles. The molecule has 39 heavy (non-hydrogen) atoms. The first-order valence-corrected chi connectivity index (χ1v) is 12.6. The fourth-order valence-corrected chi connectivity index (χ4v) is 6.45. The molecule has 0 heterocycles. The van der Waals surface area contributed by atoms with Gasteiger partial charge < -0.3 is 31.1 Å². The molecule has 4 atom stereocenters. The number of nitrogens with two attached hydrogens (primary N) is 1. The van der Waals surface area contributed by atoms with Crippen LogP contribution in [0.15, 0.2) is 53.3 Å². The molecule has 10 nitrogen and oxygen atoms in total. The number of ketones is 2. The van der Waals surface area contributed by atoms with E-state index in [0.717, 1.165) is 16.8 Å². The number of carbonyl (C=O) groups excluding carboxylic acids is 3. The lowest BCUT2D eigenvalue weighted by Gasteiger charge is -2.50. The minimum absolute atomic E-state index is 0.0421. The van der Waals surface area contributed by atoms with E-state index in [2.05, 4.69) is 0 Å². The number of nitrogens with zero attached hydrogens (tertiary/aromatic N) is 2. The van der Waals surface area contributed by atoms with Crippen LogP contribution in [0.3, 0.4) is 0 Å². The van der Waals surface area contributed by atoms with Gasteiger partial charge >= 0.3 is 0 Å². The average molecular weight is 534 g/mol. The minimum atomic E-state index is -2.65. The van der Waals surface area contributed by atoms with Gasteiger partial charge in [0.05, 0.1) is 11.6 Å². The molecule has 6 N–H and O–H groups in total. The fourth-order valence-electron chi connectivity index (χ4n) is 6.45. The van der Waals surface area contributed by atoms with Gasteiger partial charge in [-0.05, 0) is 67.7 Å². The summed E-state index contributed by atoms with van der Waals surface area (Å²) in [6, 6.07) is 9.81. The van der Waals surface area contributed by atoms with Gasteiger partial charge in [-0.25, -0.2) is 0 Å². The molecular formula is C29H31N3O7. The molecule has 3 aliphatic rings. The maximum absolute atomic E-state index is 13.9. The van der Waals surface area contributed by atoms with Gasteiger partial charge in [0.1, 0.15) is 22.8 Å². The van der Waals surface area contributed by atoms with Gasteiger partial charge in [-0.1, -0.05) is 18.2 Å². The summed E-state index contributed by atoms with van der Waals surface area (Å²) in [6.07, 6.45) is 0.272. The summed E-state index contributed by atoms with van der Waals surface area (Å²) in [4.78, 5) is 42.7. The summed E-state index contributed by atoms with van der Waals surface area (Å²) in [5.74, 6) is -6.66. The molecule has 0 bridgehead atoms. The van der Waals surface area contributed by atoms with Crippen molar-refractivity contribution in [3.63, 3.8) is 0 Å². The Morgan fingerprint density at radius 1 is 1.00 bits per heavy atom. The van der Waals surface area contributed by atoms with Gasteiger partial charge in [-0.15, -0.1) is 0 Å². The third kappa shape index (κ3) is 3.66. The SMILES string of the molecule is CN(C)c1ccc(-c2ccc(O)c3c2CC2CC4[C@H](N(C)C)C(=O)C(C(N)=O)=C(O)[C@@]4(O)C(=O)C2=C3O)cc1. The normalized spacial score (nSPS) is 26.4. The lowest BCUT2D eigenvalue weighted by atomic mass is 9.57. The van der Waals surface area contributed by atoms with E-state index in [9.17, 15) is 34.8 Å². The number of aliphatic hydroxyl groups excluding tert-OH is 2. The second-order valence-electron chi connectivity index (χ2n) is 10.9. The Kier molecular flexibility index (Phi) is 6.08. The highest BCUT2D eigenvalue weighted by Crippen LogP contribution is 2.53. The smallest absolute Gasteiger partial charge is 0.255 e. The summed E-state index contributed by atoms with van der Waals surface area (Å²) in [5.41, 5.74) is 5.00. The number of phenolic OH excluding ortho intramolecular Hbond substituents is 1. The number of hydrogen-bond donors (Lipinski definition) is 5. The number of carbonyl (C=O) groups is 3. The van der Waals surface area contributed by atoms with E-state index >= 15 is 0 Å². The minimum Gasteiger partial charge on any atom is -0.508 e. The number of phenols is 1. The van der Waals surface area contributed by atoms with Gasteiger partial charge in [-0.2, -0.15) is 0 Å². The molecule has 3 aliphatic carbocycles. The summed E-state index contributed by atoms with van der Waals surface area (Å²) >= 11 is 0. The van der Waals surface area contributed by atoms with Crippen molar-refractivity contribution in [2.75, 3.05) is 33.1 Å². The monoisotopic (exact) mass is 533 g/mol. The van der Waals surface area contributed by atoms with Crippen LogP contribution < -0.4 is 10.6 Å². The molecule has 204 valence electrons. The third-order valence-corrected chi connectivity index (χ3v) is 8.30. The predicted octanol–water partition coefficient (Wildman–Crippen LogP) is 1.70. The van der Waals surface area contributed by atoms with Gasteiger partial charge in [-0.3, -0.25) is 19.3 Å². The Balaban J connectivity index is 1.70. The van der Waals surface area contributed by atoms with Crippen molar-refractivity contribution >= 4 is 28.9 Å². The van der Waals surface area contributed by atoms with E-state index < -0.39 is 58.0 Å². The molecule has 2 aromatic rings. The van der Waals surface area contributed by atoms with Crippen LogP contribution in [0.1, 0.15) is 17.5 Å². The molecular weight excluding hydrogens is 502 g/mol. The number of rotatable bonds is 4. The number of aliphatic hydroxyl groups is 3. The molecule has 2 unspecified atom stereocenters. The first-order chi connectivity index (χ1) is 18.3. The molecule has 0 spiro atoms. The summed E-state index contributed by atoms with van der Waals surface area (Å²) in [7, 11) is 7.00. The van der Waals surface area contributed by atoms with Crippen LogP contribution in [-0.2, 0) is 20.8 Å². The van der Waals surface area contributed by atoms with Gasteiger partial charge in [0, 0.05) is 31.3 Å². The van der Waals surface area contributed by atoms with Crippen LogP contribution in [0.4, 0.5) is 5.69 Å². The summed E-state index contributed by atoms with van der Waals surface area (Å²) < 4.78 is 0. The Morgan fingerprint density at radius 2 is 1.64 bits per heavy atom. The molecule has 0 saturated heterocycles. The molecule has 5 rings (SSSR count). The topological polar surface area (TPSA) is 165 Å². The maximum Gasteiger partial charge on any atom is 0.255 e. The molecule has 0 aromatic heterocycles. The Bertz CT molecular complexity index is 1490. The van der Waals surface area contributed by atoms with E-state index in [1.54, 1.807) is 20.2 Å². The lowest BCUT2D eigenvalue weighted by molar-refractivity contribution is -0.153. The zero-order chi connectivity index (χ0) is 28.5. The standard InChI is InChI=1S/C29H31N3O7/c1-31(2)15-7-5-13(6-8-15)16-9-10-19(33)21-17(16)11-14-12-18-23(32(3)4)25(35)22(28(30)38)27(37)29(18,39)26(36)20(14)24(21)34/h5-10,14,18,23,33-34,37,39H,11-12H2,1-4H3,(H2,30,38)/t14?,18?,23-,29-/m0/s1. The first-order valence-electron chi connectivity index (χ1n) is 12.6. The van der Waals surface area contributed by atoms with Crippen molar-refractivity contribution in [3.05, 3.63) is 64.4 Å².